The van der Waals surface area contributed by atoms with E-state index in [1.807, 2.05) is 6.07 Å². The summed E-state index contributed by atoms with van der Waals surface area (Å²) in [5.41, 5.74) is 4.64. The van der Waals surface area contributed by atoms with Crippen molar-refractivity contribution in [2.24, 2.45) is 5.41 Å². The first-order chi connectivity index (χ1) is 11.2. The molecule has 6 nitrogen and oxygen atoms in total. The van der Waals surface area contributed by atoms with Crippen molar-refractivity contribution in [3.63, 3.8) is 0 Å². The Bertz CT molecular complexity index is 615. The van der Waals surface area contributed by atoms with Crippen molar-refractivity contribution >= 4 is 5.91 Å². The van der Waals surface area contributed by atoms with Crippen LogP contribution in [0.2, 0.25) is 0 Å². The summed E-state index contributed by atoms with van der Waals surface area (Å²) < 4.78 is 5.55. The molecule has 1 atom stereocenters. The first-order valence-corrected chi connectivity index (χ1v) is 8.46. The first kappa shape index (κ1) is 15.1. The van der Waals surface area contributed by atoms with Gasteiger partial charge in [-0.2, -0.15) is 0 Å². The van der Waals surface area contributed by atoms with Crippen LogP contribution in [0.25, 0.3) is 0 Å². The number of fused-ring (bicyclic) bond motifs is 1. The third-order valence-corrected chi connectivity index (χ3v) is 5.77. The fourth-order valence-electron chi connectivity index (χ4n) is 4.45. The van der Waals surface area contributed by atoms with Crippen LogP contribution in [0.3, 0.4) is 0 Å². The number of aromatic nitrogens is 1. The highest BCUT2D eigenvalue weighted by molar-refractivity contribution is 5.93. The summed E-state index contributed by atoms with van der Waals surface area (Å²) in [4.78, 5) is 18.6. The Morgan fingerprint density at radius 3 is 3.04 bits per heavy atom. The van der Waals surface area contributed by atoms with Crippen LogP contribution >= 0.6 is 0 Å². The van der Waals surface area contributed by atoms with Gasteiger partial charge in [-0.3, -0.25) is 19.9 Å². The lowest BCUT2D eigenvalue weighted by Gasteiger charge is -2.54. The number of ether oxygens (including phenoxy) is 1. The van der Waals surface area contributed by atoms with Crippen LogP contribution in [0.5, 0.6) is 0 Å². The summed E-state index contributed by atoms with van der Waals surface area (Å²) in [5.74, 6) is -0.499. The smallest absolute Gasteiger partial charge is 0.276 e. The summed E-state index contributed by atoms with van der Waals surface area (Å²) in [7, 11) is 0. The van der Waals surface area contributed by atoms with Gasteiger partial charge in [-0.15, -0.1) is 0 Å². The highest BCUT2D eigenvalue weighted by Gasteiger charge is 2.49. The van der Waals surface area contributed by atoms with Gasteiger partial charge in [0.2, 0.25) is 0 Å². The number of nitrogens with zero attached hydrogens (tertiary/aromatic N) is 2. The van der Waals surface area contributed by atoms with E-state index in [-0.39, 0.29) is 0 Å². The number of nitrogens with one attached hydrogen (secondary N) is 1. The molecule has 2 aliphatic heterocycles. The molecule has 2 fully saturated rings. The molecule has 4 rings (SSSR count). The first-order valence-electron chi connectivity index (χ1n) is 8.46. The predicted molar refractivity (Wildman–Crippen MR) is 83.1 cm³/mol. The second-order valence-corrected chi connectivity index (χ2v) is 7.11. The third-order valence-electron chi connectivity index (χ3n) is 5.77. The molecule has 23 heavy (non-hydrogen) atoms. The summed E-state index contributed by atoms with van der Waals surface area (Å²) >= 11 is 0. The maximum Gasteiger partial charge on any atom is 0.276 e. The molecule has 1 amide bonds. The van der Waals surface area contributed by atoms with Gasteiger partial charge in [0.1, 0.15) is 0 Å². The Kier molecular flexibility index (Phi) is 3.83. The maximum atomic E-state index is 11.5. The third kappa shape index (κ3) is 2.55. The topological polar surface area (TPSA) is 74.7 Å². The van der Waals surface area contributed by atoms with E-state index in [2.05, 4.69) is 9.88 Å². The number of rotatable bonds is 2. The van der Waals surface area contributed by atoms with Crippen LogP contribution in [0.4, 0.5) is 0 Å². The number of hydroxylamine groups is 1. The average Bonchev–Trinajstić information content (AvgIpc) is 2.58. The van der Waals surface area contributed by atoms with Gasteiger partial charge in [0.05, 0.1) is 24.5 Å². The highest BCUT2D eigenvalue weighted by Crippen LogP contribution is 2.45. The molecule has 1 spiro atoms. The van der Waals surface area contributed by atoms with Crippen LogP contribution in [-0.2, 0) is 17.7 Å². The molecule has 3 aliphatic rings. The Labute approximate surface area is 135 Å². The van der Waals surface area contributed by atoms with Gasteiger partial charge in [-0.05, 0) is 30.9 Å². The zero-order chi connectivity index (χ0) is 15.9. The Hall–Kier alpha value is -1.50. The predicted octanol–water partition coefficient (Wildman–Crippen LogP) is 1.52. The monoisotopic (exact) mass is 317 g/mol. The molecule has 1 saturated heterocycles. The van der Waals surface area contributed by atoms with E-state index in [0.717, 1.165) is 44.0 Å². The number of amides is 1. The van der Waals surface area contributed by atoms with Gasteiger partial charge >= 0.3 is 0 Å². The van der Waals surface area contributed by atoms with Gasteiger partial charge in [-0.25, -0.2) is 5.48 Å². The molecular weight excluding hydrogens is 294 g/mol. The largest absolute Gasteiger partial charge is 0.380 e. The van der Waals surface area contributed by atoms with E-state index in [1.165, 1.54) is 25.7 Å². The zero-order valence-corrected chi connectivity index (χ0v) is 13.3. The van der Waals surface area contributed by atoms with E-state index in [0.29, 0.717) is 17.0 Å². The van der Waals surface area contributed by atoms with Gasteiger partial charge in [0.25, 0.3) is 5.91 Å². The molecule has 0 bridgehead atoms. The normalized spacial score (nSPS) is 26.4. The number of hydrogen-bond donors (Lipinski definition) is 2. The van der Waals surface area contributed by atoms with Crippen molar-refractivity contribution in [2.45, 2.75) is 44.7 Å². The Morgan fingerprint density at radius 1 is 1.43 bits per heavy atom. The minimum Gasteiger partial charge on any atom is -0.380 e. The minimum absolute atomic E-state index is 0.368. The van der Waals surface area contributed by atoms with Crippen molar-refractivity contribution in [1.29, 1.82) is 0 Å². The second kappa shape index (κ2) is 5.85. The lowest BCUT2D eigenvalue weighted by Crippen LogP contribution is -2.60. The van der Waals surface area contributed by atoms with Crippen LogP contribution < -0.4 is 5.48 Å². The van der Waals surface area contributed by atoms with E-state index in [4.69, 9.17) is 9.94 Å². The van der Waals surface area contributed by atoms with Gasteiger partial charge in [-0.1, -0.05) is 12.8 Å². The quantitative estimate of drug-likeness (QED) is 0.639. The Morgan fingerprint density at radius 2 is 2.30 bits per heavy atom. The summed E-state index contributed by atoms with van der Waals surface area (Å²) in [6.45, 7) is 3.67. The molecule has 1 aromatic rings. The molecule has 0 radical (unpaired) electrons. The van der Waals surface area contributed by atoms with E-state index in [9.17, 15) is 4.79 Å². The molecule has 0 aromatic carbocycles. The number of carbonyl (C=O) groups excluding carboxylic acids is 1. The summed E-state index contributed by atoms with van der Waals surface area (Å²) in [6, 6.07) is 2.45. The molecule has 0 unspecified atom stereocenters. The SMILES string of the molecule is O=C(NO)c1cnc2c(c1)CCN([C@H]1CCCCC13COC3)C2. The highest BCUT2D eigenvalue weighted by atomic mass is 16.5. The van der Waals surface area contributed by atoms with Crippen molar-refractivity contribution in [3.05, 3.63) is 29.1 Å². The molecule has 1 saturated carbocycles. The van der Waals surface area contributed by atoms with Crippen molar-refractivity contribution in [1.82, 2.24) is 15.4 Å². The van der Waals surface area contributed by atoms with Crippen LogP contribution in [0, 0.1) is 5.41 Å². The van der Waals surface area contributed by atoms with E-state index < -0.39 is 5.91 Å². The van der Waals surface area contributed by atoms with Crippen molar-refractivity contribution < 1.29 is 14.7 Å². The summed E-state index contributed by atoms with van der Waals surface area (Å²) in [5, 5.41) is 8.75. The maximum absolute atomic E-state index is 11.5. The Balaban J connectivity index is 1.53. The zero-order valence-electron chi connectivity index (χ0n) is 13.3. The molecule has 1 aliphatic carbocycles. The van der Waals surface area contributed by atoms with Crippen molar-refractivity contribution in [3.8, 4) is 0 Å². The molecular formula is C17H23N3O3. The molecule has 3 heterocycles. The number of hydrogen-bond acceptors (Lipinski definition) is 5. The fourth-order valence-corrected chi connectivity index (χ4v) is 4.45. The van der Waals surface area contributed by atoms with Gasteiger partial charge in [0, 0.05) is 30.7 Å². The van der Waals surface area contributed by atoms with Crippen LogP contribution in [0.1, 0.15) is 47.3 Å². The molecule has 124 valence electrons. The molecule has 1 aromatic heterocycles. The summed E-state index contributed by atoms with van der Waals surface area (Å²) in [6.07, 6.45) is 7.62. The molecule has 6 heteroatoms. The number of carbonyl (C=O) groups is 1. The van der Waals surface area contributed by atoms with E-state index >= 15 is 0 Å². The van der Waals surface area contributed by atoms with Crippen LogP contribution in [-0.4, -0.2) is 46.8 Å². The van der Waals surface area contributed by atoms with Crippen LogP contribution in [0.15, 0.2) is 12.3 Å². The molecule has 2 N–H and O–H groups in total. The van der Waals surface area contributed by atoms with Crippen molar-refractivity contribution in [2.75, 3.05) is 19.8 Å². The van der Waals surface area contributed by atoms with E-state index in [1.54, 1.807) is 11.7 Å². The van der Waals surface area contributed by atoms with Gasteiger partial charge in [0.15, 0.2) is 0 Å². The minimum atomic E-state index is -0.499. The van der Waals surface area contributed by atoms with Gasteiger partial charge < -0.3 is 4.74 Å². The fraction of sp³-hybridized carbons (Fsp3) is 0.647. The standard InChI is InChI=1S/C17H23N3O3/c21-16(19-22)13-7-12-4-6-20(9-14(12)18-8-13)15-3-1-2-5-17(15)10-23-11-17/h7-8,15,22H,1-6,9-11H2,(H,19,21)/t15-/m0/s1. The second-order valence-electron chi connectivity index (χ2n) is 7.11. The average molecular weight is 317 g/mol. The number of pyridine rings is 1. The lowest BCUT2D eigenvalue weighted by molar-refractivity contribution is -0.172. The lowest BCUT2D eigenvalue weighted by atomic mass is 9.68.